The number of alkyl halides is 1. The zero-order valence-electron chi connectivity index (χ0n) is 11.5. The van der Waals surface area contributed by atoms with Gasteiger partial charge in [-0.3, -0.25) is 0 Å². The number of benzene rings is 2. The topological polar surface area (TPSA) is 55.4 Å². The van der Waals surface area contributed by atoms with Crippen LogP contribution >= 0.6 is 11.6 Å². The molecule has 0 unspecified atom stereocenters. The van der Waals surface area contributed by atoms with Crippen LogP contribution in [0.1, 0.15) is 11.1 Å². The predicted octanol–water partition coefficient (Wildman–Crippen LogP) is 2.91. The zero-order chi connectivity index (χ0) is 15.3. The number of halogens is 1. The molecule has 0 radical (unpaired) electrons. The molecule has 0 bridgehead atoms. The lowest BCUT2D eigenvalue weighted by Gasteiger charge is -2.10. The quantitative estimate of drug-likeness (QED) is 0.831. The third-order valence-corrected chi connectivity index (χ3v) is 4.76. The van der Waals surface area contributed by atoms with Crippen LogP contribution < -0.4 is 9.46 Å². The Morgan fingerprint density at radius 3 is 2.38 bits per heavy atom. The summed E-state index contributed by atoms with van der Waals surface area (Å²) in [5, 5.41) is 0. The van der Waals surface area contributed by atoms with Crippen LogP contribution in [-0.2, 0) is 22.4 Å². The summed E-state index contributed by atoms with van der Waals surface area (Å²) in [5.41, 5.74) is 1.65. The molecule has 0 heterocycles. The van der Waals surface area contributed by atoms with E-state index in [1.807, 2.05) is 18.2 Å². The lowest BCUT2D eigenvalue weighted by Crippen LogP contribution is -2.23. The first-order chi connectivity index (χ1) is 10.1. The molecule has 1 N–H and O–H groups in total. The molecule has 0 aliphatic rings. The molecule has 2 aromatic rings. The summed E-state index contributed by atoms with van der Waals surface area (Å²) in [5.74, 6) is 1.01. The van der Waals surface area contributed by atoms with E-state index in [2.05, 4.69) is 4.72 Å². The normalized spacial score (nSPS) is 11.3. The molecule has 4 nitrogen and oxygen atoms in total. The highest BCUT2D eigenvalue weighted by Gasteiger charge is 2.14. The third-order valence-electron chi connectivity index (χ3n) is 3.03. The average Bonchev–Trinajstić information content (AvgIpc) is 2.53. The summed E-state index contributed by atoms with van der Waals surface area (Å²) >= 11 is 5.69. The highest BCUT2D eigenvalue weighted by Crippen LogP contribution is 2.18. The van der Waals surface area contributed by atoms with E-state index < -0.39 is 10.0 Å². The van der Waals surface area contributed by atoms with Crippen LogP contribution in [0.25, 0.3) is 0 Å². The van der Waals surface area contributed by atoms with Crippen LogP contribution in [0.3, 0.4) is 0 Å². The van der Waals surface area contributed by atoms with Crippen LogP contribution in [0.5, 0.6) is 5.75 Å². The molecule has 6 heteroatoms. The van der Waals surface area contributed by atoms with Crippen molar-refractivity contribution >= 4 is 21.6 Å². The minimum Gasteiger partial charge on any atom is -0.496 e. The van der Waals surface area contributed by atoms with Crippen LogP contribution in [-0.4, -0.2) is 15.5 Å². The first-order valence-electron chi connectivity index (χ1n) is 6.33. The summed E-state index contributed by atoms with van der Waals surface area (Å²) in [6.07, 6.45) is 0. The van der Waals surface area contributed by atoms with Crippen molar-refractivity contribution in [3.8, 4) is 5.75 Å². The maximum atomic E-state index is 12.2. The van der Waals surface area contributed by atoms with E-state index in [1.54, 1.807) is 37.4 Å². The van der Waals surface area contributed by atoms with Crippen molar-refractivity contribution in [1.82, 2.24) is 4.72 Å². The van der Waals surface area contributed by atoms with E-state index in [0.29, 0.717) is 11.6 Å². The van der Waals surface area contributed by atoms with Gasteiger partial charge in [0.15, 0.2) is 0 Å². The van der Waals surface area contributed by atoms with Gasteiger partial charge in [-0.2, -0.15) is 0 Å². The molecule has 0 atom stereocenters. The smallest absolute Gasteiger partial charge is 0.240 e. The predicted molar refractivity (Wildman–Crippen MR) is 83.0 cm³/mol. The molecule has 0 fully saturated rings. The minimum atomic E-state index is -3.56. The monoisotopic (exact) mass is 325 g/mol. The van der Waals surface area contributed by atoms with Gasteiger partial charge in [-0.05, 0) is 23.8 Å². The van der Waals surface area contributed by atoms with Crippen molar-refractivity contribution in [1.29, 1.82) is 0 Å². The number of nitrogens with one attached hydrogen (secondary N) is 1. The largest absolute Gasteiger partial charge is 0.496 e. The van der Waals surface area contributed by atoms with Gasteiger partial charge < -0.3 is 4.74 Å². The van der Waals surface area contributed by atoms with Crippen molar-refractivity contribution in [3.05, 3.63) is 59.7 Å². The Morgan fingerprint density at radius 2 is 1.76 bits per heavy atom. The van der Waals surface area contributed by atoms with Crippen LogP contribution in [0.15, 0.2) is 53.4 Å². The molecule has 0 saturated carbocycles. The highest BCUT2D eigenvalue weighted by atomic mass is 35.5. The molecular weight excluding hydrogens is 310 g/mol. The number of hydrogen-bond donors (Lipinski definition) is 1. The number of rotatable bonds is 6. The van der Waals surface area contributed by atoms with Gasteiger partial charge in [0, 0.05) is 18.0 Å². The lowest BCUT2D eigenvalue weighted by atomic mass is 10.2. The van der Waals surface area contributed by atoms with Crippen LogP contribution in [0.2, 0.25) is 0 Å². The minimum absolute atomic E-state index is 0.170. The Balaban J connectivity index is 2.13. The maximum Gasteiger partial charge on any atom is 0.240 e. The van der Waals surface area contributed by atoms with Gasteiger partial charge in [-0.25, -0.2) is 13.1 Å². The van der Waals surface area contributed by atoms with Crippen molar-refractivity contribution in [2.45, 2.75) is 17.3 Å². The molecule has 0 spiro atoms. The van der Waals surface area contributed by atoms with E-state index >= 15 is 0 Å². The van der Waals surface area contributed by atoms with Crippen LogP contribution in [0.4, 0.5) is 0 Å². The summed E-state index contributed by atoms with van der Waals surface area (Å²) in [6, 6.07) is 13.8. The molecule has 0 aliphatic heterocycles. The van der Waals surface area contributed by atoms with E-state index in [0.717, 1.165) is 11.1 Å². The Morgan fingerprint density at radius 1 is 1.10 bits per heavy atom. The Hall–Kier alpha value is -1.56. The van der Waals surface area contributed by atoms with Gasteiger partial charge >= 0.3 is 0 Å². The summed E-state index contributed by atoms with van der Waals surface area (Å²) in [4.78, 5) is 0.214. The van der Waals surface area contributed by atoms with E-state index in [1.165, 1.54) is 0 Å². The zero-order valence-corrected chi connectivity index (χ0v) is 13.1. The third kappa shape index (κ3) is 3.97. The Kier molecular flexibility index (Phi) is 5.22. The standard InChI is InChI=1S/C15H16ClNO3S/c1-20-15-5-3-2-4-13(15)11-17-21(18,19)14-8-6-12(10-16)7-9-14/h2-9,17H,10-11H2,1H3. The van der Waals surface area contributed by atoms with E-state index in [-0.39, 0.29) is 11.4 Å². The summed E-state index contributed by atoms with van der Waals surface area (Å²) in [6.45, 7) is 0.170. The van der Waals surface area contributed by atoms with Crippen molar-refractivity contribution in [2.75, 3.05) is 7.11 Å². The number of para-hydroxylation sites is 1. The Bertz CT molecular complexity index is 699. The fourth-order valence-corrected chi connectivity index (χ4v) is 3.05. The number of methoxy groups -OCH3 is 1. The van der Waals surface area contributed by atoms with Crippen LogP contribution in [0, 0.1) is 0 Å². The molecule has 2 rings (SSSR count). The fraction of sp³-hybridized carbons (Fsp3) is 0.200. The first-order valence-corrected chi connectivity index (χ1v) is 8.35. The Labute approximate surface area is 129 Å². The molecule has 112 valence electrons. The van der Waals surface area contributed by atoms with E-state index in [4.69, 9.17) is 16.3 Å². The fourth-order valence-electron chi connectivity index (χ4n) is 1.86. The lowest BCUT2D eigenvalue weighted by molar-refractivity contribution is 0.409. The van der Waals surface area contributed by atoms with Gasteiger partial charge in [0.1, 0.15) is 5.75 Å². The first kappa shape index (κ1) is 15.8. The number of hydrogen-bond acceptors (Lipinski definition) is 3. The molecular formula is C15H16ClNO3S. The molecule has 0 amide bonds. The van der Waals surface area contributed by atoms with Crippen molar-refractivity contribution in [2.24, 2.45) is 0 Å². The highest BCUT2D eigenvalue weighted by molar-refractivity contribution is 7.89. The number of ether oxygens (including phenoxy) is 1. The van der Waals surface area contributed by atoms with Gasteiger partial charge in [0.25, 0.3) is 0 Å². The van der Waals surface area contributed by atoms with Gasteiger partial charge in [0.05, 0.1) is 12.0 Å². The second-order valence-electron chi connectivity index (χ2n) is 4.41. The van der Waals surface area contributed by atoms with Crippen molar-refractivity contribution < 1.29 is 13.2 Å². The number of sulfonamides is 1. The molecule has 0 aromatic heterocycles. The summed E-state index contributed by atoms with van der Waals surface area (Å²) in [7, 11) is -2.00. The van der Waals surface area contributed by atoms with Gasteiger partial charge in [-0.1, -0.05) is 30.3 Å². The van der Waals surface area contributed by atoms with Gasteiger partial charge in [0.2, 0.25) is 10.0 Å². The molecule has 0 aliphatic carbocycles. The van der Waals surface area contributed by atoms with Gasteiger partial charge in [-0.15, -0.1) is 11.6 Å². The maximum absolute atomic E-state index is 12.2. The average molecular weight is 326 g/mol. The van der Waals surface area contributed by atoms with E-state index in [9.17, 15) is 8.42 Å². The second-order valence-corrected chi connectivity index (χ2v) is 6.45. The second kappa shape index (κ2) is 6.93. The molecule has 2 aromatic carbocycles. The molecule has 0 saturated heterocycles. The SMILES string of the molecule is COc1ccccc1CNS(=O)(=O)c1ccc(CCl)cc1. The summed E-state index contributed by atoms with van der Waals surface area (Å²) < 4.78 is 32.2. The van der Waals surface area contributed by atoms with Crippen molar-refractivity contribution in [3.63, 3.8) is 0 Å². The molecule has 21 heavy (non-hydrogen) atoms.